The van der Waals surface area contributed by atoms with E-state index >= 15 is 0 Å². The summed E-state index contributed by atoms with van der Waals surface area (Å²) >= 11 is 0.985. The van der Waals surface area contributed by atoms with Gasteiger partial charge in [-0.2, -0.15) is 13.2 Å². The lowest BCUT2D eigenvalue weighted by Crippen LogP contribution is -2.23. The second kappa shape index (κ2) is 6.08. The van der Waals surface area contributed by atoms with Gasteiger partial charge >= 0.3 is 12.3 Å². The third-order valence-corrected chi connectivity index (χ3v) is 2.96. The largest absolute Gasteiger partial charge is 0.440 e. The Balaban J connectivity index is 1.99. The van der Waals surface area contributed by atoms with Crippen molar-refractivity contribution in [1.82, 2.24) is 4.98 Å². The fraction of sp³-hybridized carbons (Fsp3) is 0.167. The van der Waals surface area contributed by atoms with Crippen molar-refractivity contribution in [2.75, 3.05) is 11.9 Å². The van der Waals surface area contributed by atoms with Crippen LogP contribution in [0.5, 0.6) is 0 Å². The minimum Gasteiger partial charge on any atom is -0.440 e. The summed E-state index contributed by atoms with van der Waals surface area (Å²) in [7, 11) is 0. The highest BCUT2D eigenvalue weighted by Gasteiger charge is 2.29. The summed E-state index contributed by atoms with van der Waals surface area (Å²) in [4.78, 5) is 15.1. The topological polar surface area (TPSA) is 51.2 Å². The van der Waals surface area contributed by atoms with Crippen LogP contribution in [0.3, 0.4) is 0 Å². The summed E-state index contributed by atoms with van der Waals surface area (Å²) < 4.78 is 52.6. The SMILES string of the molecule is O=C(Nc1nc(-c2cccc(F)c2)cs1)OCC(F)(F)F. The molecule has 0 aliphatic rings. The van der Waals surface area contributed by atoms with E-state index in [1.807, 2.05) is 0 Å². The number of halogens is 4. The molecular formula is C12H8F4N2O2S. The number of nitrogens with zero attached hydrogens (tertiary/aromatic N) is 1. The molecule has 0 radical (unpaired) electrons. The number of amides is 1. The number of benzene rings is 1. The number of carbonyl (C=O) groups excluding carboxylic acids is 1. The molecule has 0 spiro atoms. The monoisotopic (exact) mass is 320 g/mol. The zero-order chi connectivity index (χ0) is 15.5. The molecule has 1 amide bonds. The van der Waals surface area contributed by atoms with Crippen LogP contribution in [0, 0.1) is 5.82 Å². The van der Waals surface area contributed by atoms with Crippen LogP contribution in [-0.2, 0) is 4.74 Å². The van der Waals surface area contributed by atoms with Gasteiger partial charge in [0, 0.05) is 10.9 Å². The quantitative estimate of drug-likeness (QED) is 0.868. The van der Waals surface area contributed by atoms with E-state index < -0.39 is 24.7 Å². The molecule has 0 aliphatic carbocycles. The van der Waals surface area contributed by atoms with Crippen LogP contribution in [0.25, 0.3) is 11.3 Å². The summed E-state index contributed by atoms with van der Waals surface area (Å²) in [5, 5.41) is 3.66. The minimum atomic E-state index is -4.59. The van der Waals surface area contributed by atoms with Gasteiger partial charge in [0.2, 0.25) is 0 Å². The molecule has 0 atom stereocenters. The Labute approximate surface area is 120 Å². The van der Waals surface area contributed by atoms with E-state index in [0.717, 1.165) is 11.3 Å². The van der Waals surface area contributed by atoms with Crippen molar-refractivity contribution < 1.29 is 27.1 Å². The second-order valence-corrected chi connectivity index (χ2v) is 4.72. The van der Waals surface area contributed by atoms with Crippen molar-refractivity contribution in [2.24, 2.45) is 0 Å². The van der Waals surface area contributed by atoms with Crippen LogP contribution in [0.15, 0.2) is 29.6 Å². The van der Waals surface area contributed by atoms with Crippen LogP contribution >= 0.6 is 11.3 Å². The molecule has 0 aliphatic heterocycles. The number of anilines is 1. The third-order valence-electron chi connectivity index (χ3n) is 2.20. The van der Waals surface area contributed by atoms with Gasteiger partial charge in [-0.1, -0.05) is 12.1 Å². The standard InChI is InChI=1S/C12H8F4N2O2S/c13-8-3-1-2-7(4-8)9-5-21-10(17-9)18-11(19)20-6-12(14,15)16/h1-5H,6H2,(H,17,18,19). The van der Waals surface area contributed by atoms with E-state index in [2.05, 4.69) is 15.0 Å². The van der Waals surface area contributed by atoms with Gasteiger partial charge in [-0.05, 0) is 12.1 Å². The number of ether oxygens (including phenoxy) is 1. The summed E-state index contributed by atoms with van der Waals surface area (Å²) in [6.07, 6.45) is -5.85. The molecule has 1 aromatic carbocycles. The van der Waals surface area contributed by atoms with Crippen LogP contribution in [-0.4, -0.2) is 23.9 Å². The highest BCUT2D eigenvalue weighted by molar-refractivity contribution is 7.14. The molecule has 1 N–H and O–H groups in total. The number of rotatable bonds is 3. The van der Waals surface area contributed by atoms with Gasteiger partial charge < -0.3 is 4.74 Å². The smallest absolute Gasteiger partial charge is 0.422 e. The molecular weight excluding hydrogens is 312 g/mol. The van der Waals surface area contributed by atoms with Crippen LogP contribution in [0.4, 0.5) is 27.5 Å². The van der Waals surface area contributed by atoms with Crippen molar-refractivity contribution in [3.63, 3.8) is 0 Å². The van der Waals surface area contributed by atoms with Gasteiger partial charge in [0.25, 0.3) is 0 Å². The highest BCUT2D eigenvalue weighted by Crippen LogP contribution is 2.25. The number of aromatic nitrogens is 1. The zero-order valence-electron chi connectivity index (χ0n) is 10.3. The van der Waals surface area contributed by atoms with Crippen LogP contribution in [0.2, 0.25) is 0 Å². The Bertz CT molecular complexity index is 642. The lowest BCUT2D eigenvalue weighted by Gasteiger charge is -2.07. The fourth-order valence-electron chi connectivity index (χ4n) is 1.38. The zero-order valence-corrected chi connectivity index (χ0v) is 11.1. The number of thiazole rings is 1. The van der Waals surface area contributed by atoms with Crippen molar-refractivity contribution in [3.05, 3.63) is 35.5 Å². The molecule has 112 valence electrons. The normalized spacial score (nSPS) is 11.2. The summed E-state index contributed by atoms with van der Waals surface area (Å²) in [6.45, 7) is -1.68. The van der Waals surface area contributed by atoms with Gasteiger partial charge in [-0.3, -0.25) is 5.32 Å². The molecule has 21 heavy (non-hydrogen) atoms. The summed E-state index contributed by atoms with van der Waals surface area (Å²) in [5.41, 5.74) is 0.883. The van der Waals surface area contributed by atoms with E-state index in [4.69, 9.17) is 0 Å². The van der Waals surface area contributed by atoms with E-state index in [1.165, 1.54) is 23.6 Å². The average Bonchev–Trinajstić information content (AvgIpc) is 2.84. The average molecular weight is 320 g/mol. The molecule has 1 aromatic heterocycles. The molecule has 4 nitrogen and oxygen atoms in total. The van der Waals surface area contributed by atoms with Crippen molar-refractivity contribution in [2.45, 2.75) is 6.18 Å². The Kier molecular flexibility index (Phi) is 4.41. The first-order valence-electron chi connectivity index (χ1n) is 5.55. The van der Waals surface area contributed by atoms with Gasteiger partial charge in [0.1, 0.15) is 5.82 Å². The van der Waals surface area contributed by atoms with Gasteiger partial charge in [0.15, 0.2) is 11.7 Å². The minimum absolute atomic E-state index is 0.0569. The van der Waals surface area contributed by atoms with Crippen molar-refractivity contribution in [1.29, 1.82) is 0 Å². The van der Waals surface area contributed by atoms with Gasteiger partial charge in [-0.25, -0.2) is 14.2 Å². The molecule has 1 heterocycles. The number of carbonyl (C=O) groups is 1. The molecule has 9 heteroatoms. The van der Waals surface area contributed by atoms with Gasteiger partial charge in [-0.15, -0.1) is 11.3 Å². The third kappa shape index (κ3) is 4.71. The molecule has 0 fully saturated rings. The number of hydrogen-bond acceptors (Lipinski definition) is 4. The summed E-state index contributed by atoms with van der Waals surface area (Å²) in [5.74, 6) is -0.445. The molecule has 0 saturated carbocycles. The Morgan fingerprint density at radius 1 is 1.38 bits per heavy atom. The second-order valence-electron chi connectivity index (χ2n) is 3.86. The Morgan fingerprint density at radius 2 is 2.14 bits per heavy atom. The van der Waals surface area contributed by atoms with E-state index in [1.54, 1.807) is 6.07 Å². The maximum atomic E-state index is 13.1. The fourth-order valence-corrected chi connectivity index (χ4v) is 2.09. The maximum absolute atomic E-state index is 13.1. The molecule has 0 bridgehead atoms. The highest BCUT2D eigenvalue weighted by atomic mass is 32.1. The number of hydrogen-bond donors (Lipinski definition) is 1. The van der Waals surface area contributed by atoms with E-state index in [9.17, 15) is 22.4 Å². The first-order chi connectivity index (χ1) is 9.83. The van der Waals surface area contributed by atoms with Gasteiger partial charge in [0.05, 0.1) is 5.69 Å². The van der Waals surface area contributed by atoms with Crippen LogP contribution in [0.1, 0.15) is 0 Å². The van der Waals surface area contributed by atoms with E-state index in [-0.39, 0.29) is 5.13 Å². The molecule has 2 rings (SSSR count). The summed E-state index contributed by atoms with van der Waals surface area (Å²) in [6, 6.07) is 5.63. The maximum Gasteiger partial charge on any atom is 0.422 e. The predicted octanol–water partition coefficient (Wildman–Crippen LogP) is 4.06. The molecule has 2 aromatic rings. The molecule has 0 unspecified atom stereocenters. The molecule has 0 saturated heterocycles. The lowest BCUT2D eigenvalue weighted by atomic mass is 10.2. The van der Waals surface area contributed by atoms with E-state index in [0.29, 0.717) is 11.3 Å². The van der Waals surface area contributed by atoms with Crippen molar-refractivity contribution >= 4 is 22.6 Å². The Morgan fingerprint density at radius 3 is 2.81 bits per heavy atom. The first-order valence-corrected chi connectivity index (χ1v) is 6.43. The predicted molar refractivity (Wildman–Crippen MR) is 68.5 cm³/mol. The van der Waals surface area contributed by atoms with Crippen LogP contribution < -0.4 is 5.32 Å². The first kappa shape index (κ1) is 15.2. The Hall–Kier alpha value is -2.16. The number of alkyl halides is 3. The number of nitrogens with one attached hydrogen (secondary N) is 1. The van der Waals surface area contributed by atoms with Crippen molar-refractivity contribution in [3.8, 4) is 11.3 Å². The lowest BCUT2D eigenvalue weighted by molar-refractivity contribution is -0.159.